The Hall–Kier alpha value is -1.33. The number of aryl methyl sites for hydroxylation is 1. The first-order valence-corrected chi connectivity index (χ1v) is 7.08. The molecular weight excluding hydrogens is 304 g/mol. The van der Waals surface area contributed by atoms with E-state index in [-0.39, 0.29) is 0 Å². The smallest absolute Gasteiger partial charge is 0.0534 e. The molecule has 0 saturated heterocycles. The molecule has 19 heavy (non-hydrogen) atoms. The van der Waals surface area contributed by atoms with Crippen molar-refractivity contribution < 1.29 is 0 Å². The number of hydrogen-bond donors (Lipinski definition) is 1. The van der Waals surface area contributed by atoms with Gasteiger partial charge in [0.15, 0.2) is 0 Å². The molecule has 0 bridgehead atoms. The molecule has 0 atom stereocenters. The van der Waals surface area contributed by atoms with E-state index in [1.54, 1.807) is 0 Å². The third-order valence-electron chi connectivity index (χ3n) is 2.88. The number of halogens is 1. The van der Waals surface area contributed by atoms with E-state index in [1.165, 1.54) is 5.56 Å². The Morgan fingerprint density at radius 1 is 1.32 bits per heavy atom. The lowest BCUT2D eigenvalue weighted by Crippen LogP contribution is -2.24. The van der Waals surface area contributed by atoms with Crippen molar-refractivity contribution in [3.63, 3.8) is 0 Å². The zero-order chi connectivity index (χ0) is 13.7. The van der Waals surface area contributed by atoms with Crippen molar-refractivity contribution in [2.24, 2.45) is 7.05 Å². The van der Waals surface area contributed by atoms with Gasteiger partial charge >= 0.3 is 0 Å². The maximum Gasteiger partial charge on any atom is 0.0534 e. The summed E-state index contributed by atoms with van der Waals surface area (Å²) in [5, 5.41) is 7.59. The van der Waals surface area contributed by atoms with Crippen molar-refractivity contribution in [1.82, 2.24) is 14.7 Å². The second-order valence-electron chi connectivity index (χ2n) is 4.69. The molecule has 0 amide bonds. The van der Waals surface area contributed by atoms with Crippen molar-refractivity contribution in [2.75, 3.05) is 25.5 Å². The van der Waals surface area contributed by atoms with Gasteiger partial charge in [-0.2, -0.15) is 5.10 Å². The largest absolute Gasteiger partial charge is 0.384 e. The lowest BCUT2D eigenvalue weighted by molar-refractivity contribution is 0.340. The van der Waals surface area contributed by atoms with Crippen LogP contribution < -0.4 is 5.32 Å². The van der Waals surface area contributed by atoms with E-state index < -0.39 is 0 Å². The molecule has 0 fully saturated rings. The van der Waals surface area contributed by atoms with E-state index in [4.69, 9.17) is 0 Å². The van der Waals surface area contributed by atoms with E-state index in [9.17, 15) is 0 Å². The average molecular weight is 323 g/mol. The molecule has 0 radical (unpaired) electrons. The number of rotatable bonds is 6. The topological polar surface area (TPSA) is 33.1 Å². The van der Waals surface area contributed by atoms with Crippen molar-refractivity contribution >= 4 is 21.6 Å². The lowest BCUT2D eigenvalue weighted by atomic mass is 10.3. The van der Waals surface area contributed by atoms with E-state index in [2.05, 4.69) is 56.6 Å². The summed E-state index contributed by atoms with van der Waals surface area (Å²) < 4.78 is 2.94. The Morgan fingerprint density at radius 3 is 2.68 bits per heavy atom. The zero-order valence-electron chi connectivity index (χ0n) is 11.3. The molecular formula is C14H19BrN4. The monoisotopic (exact) mass is 322 g/mol. The van der Waals surface area contributed by atoms with E-state index >= 15 is 0 Å². The summed E-state index contributed by atoms with van der Waals surface area (Å²) >= 11 is 3.43. The van der Waals surface area contributed by atoms with E-state index in [1.807, 2.05) is 30.1 Å². The first-order valence-electron chi connectivity index (χ1n) is 6.29. The van der Waals surface area contributed by atoms with Crippen LogP contribution in [0.25, 0.3) is 0 Å². The highest BCUT2D eigenvalue weighted by molar-refractivity contribution is 9.10. The van der Waals surface area contributed by atoms with Crippen LogP contribution in [0.4, 0.5) is 5.69 Å². The predicted molar refractivity (Wildman–Crippen MR) is 82.2 cm³/mol. The van der Waals surface area contributed by atoms with Gasteiger partial charge in [-0.3, -0.25) is 4.68 Å². The van der Waals surface area contributed by atoms with Crippen LogP contribution in [0.2, 0.25) is 0 Å². The maximum absolute atomic E-state index is 4.18. The number of nitrogens with zero attached hydrogens (tertiary/aromatic N) is 3. The minimum atomic E-state index is 0.926. The van der Waals surface area contributed by atoms with Crippen molar-refractivity contribution in [3.8, 4) is 0 Å². The summed E-state index contributed by atoms with van der Waals surface area (Å²) in [5.41, 5.74) is 2.40. The van der Waals surface area contributed by atoms with Gasteiger partial charge in [0.25, 0.3) is 0 Å². The first kappa shape index (κ1) is 14.1. The minimum absolute atomic E-state index is 0.926. The highest BCUT2D eigenvalue weighted by Crippen LogP contribution is 2.13. The van der Waals surface area contributed by atoms with Gasteiger partial charge in [0.05, 0.1) is 6.20 Å². The molecule has 5 heteroatoms. The molecule has 1 N–H and O–H groups in total. The van der Waals surface area contributed by atoms with Gasteiger partial charge in [-0.25, -0.2) is 0 Å². The number of benzene rings is 1. The Morgan fingerprint density at radius 2 is 2.05 bits per heavy atom. The highest BCUT2D eigenvalue weighted by atomic mass is 79.9. The highest BCUT2D eigenvalue weighted by Gasteiger charge is 2.02. The molecule has 0 unspecified atom stereocenters. The second kappa shape index (κ2) is 6.73. The molecule has 0 spiro atoms. The quantitative estimate of drug-likeness (QED) is 0.887. The van der Waals surface area contributed by atoms with Gasteiger partial charge in [-0.1, -0.05) is 15.9 Å². The maximum atomic E-state index is 4.18. The van der Waals surface area contributed by atoms with Crippen LogP contribution in [0.5, 0.6) is 0 Å². The molecule has 1 aromatic heterocycles. The van der Waals surface area contributed by atoms with Crippen LogP contribution in [0.1, 0.15) is 5.56 Å². The van der Waals surface area contributed by atoms with Crippen LogP contribution in [0.15, 0.2) is 41.1 Å². The zero-order valence-corrected chi connectivity index (χ0v) is 12.9. The van der Waals surface area contributed by atoms with Gasteiger partial charge < -0.3 is 10.2 Å². The number of likely N-dealkylation sites (N-methyl/N-ethyl adjacent to an activating group) is 1. The molecule has 4 nitrogen and oxygen atoms in total. The molecule has 0 aliphatic heterocycles. The van der Waals surface area contributed by atoms with Crippen LogP contribution in [-0.4, -0.2) is 34.8 Å². The number of nitrogens with one attached hydrogen (secondary N) is 1. The van der Waals surface area contributed by atoms with Gasteiger partial charge in [-0.05, 0) is 31.3 Å². The summed E-state index contributed by atoms with van der Waals surface area (Å²) in [6, 6.07) is 8.24. The van der Waals surface area contributed by atoms with Gasteiger partial charge in [0.1, 0.15) is 0 Å². The molecule has 1 heterocycles. The number of hydrogen-bond acceptors (Lipinski definition) is 3. The fourth-order valence-electron chi connectivity index (χ4n) is 1.90. The molecule has 0 aliphatic carbocycles. The van der Waals surface area contributed by atoms with Gasteiger partial charge in [0, 0.05) is 48.6 Å². The van der Waals surface area contributed by atoms with Crippen molar-refractivity contribution in [2.45, 2.75) is 6.54 Å². The lowest BCUT2D eigenvalue weighted by Gasteiger charge is -2.16. The molecule has 0 aliphatic rings. The van der Waals surface area contributed by atoms with Gasteiger partial charge in [-0.15, -0.1) is 0 Å². The minimum Gasteiger partial charge on any atom is -0.384 e. The van der Waals surface area contributed by atoms with Crippen LogP contribution in [-0.2, 0) is 13.6 Å². The molecule has 1 aromatic carbocycles. The SMILES string of the molecule is CN(CCNc1ccc(Br)cc1)Cc1cnn(C)c1. The molecule has 102 valence electrons. The normalized spacial score (nSPS) is 10.9. The fourth-order valence-corrected chi connectivity index (χ4v) is 2.17. The molecule has 2 rings (SSSR count). The Kier molecular flexibility index (Phi) is 4.99. The van der Waals surface area contributed by atoms with E-state index in [0.29, 0.717) is 0 Å². The average Bonchev–Trinajstić information content (AvgIpc) is 2.77. The summed E-state index contributed by atoms with van der Waals surface area (Å²) in [6.45, 7) is 2.85. The first-order chi connectivity index (χ1) is 9.13. The summed E-state index contributed by atoms with van der Waals surface area (Å²) in [6.07, 6.45) is 3.97. The third kappa shape index (κ3) is 4.69. The third-order valence-corrected chi connectivity index (χ3v) is 3.41. The van der Waals surface area contributed by atoms with E-state index in [0.717, 1.165) is 29.8 Å². The Bertz CT molecular complexity index is 506. The molecule has 0 saturated carbocycles. The predicted octanol–water partition coefficient (Wildman–Crippen LogP) is 2.73. The standard InChI is InChI=1S/C14H19BrN4/c1-18(10-12-9-17-19(2)11-12)8-7-16-14-5-3-13(15)4-6-14/h3-6,9,11,16H,7-8,10H2,1-2H3. The molecule has 2 aromatic rings. The van der Waals surface area contributed by atoms with Crippen LogP contribution in [0.3, 0.4) is 0 Å². The van der Waals surface area contributed by atoms with Crippen molar-refractivity contribution in [1.29, 1.82) is 0 Å². The number of anilines is 1. The van der Waals surface area contributed by atoms with Gasteiger partial charge in [0.2, 0.25) is 0 Å². The Labute approximate surface area is 122 Å². The van der Waals surface area contributed by atoms with Crippen LogP contribution >= 0.6 is 15.9 Å². The summed E-state index contributed by atoms with van der Waals surface area (Å²) in [7, 11) is 4.06. The van der Waals surface area contributed by atoms with Crippen molar-refractivity contribution in [3.05, 3.63) is 46.7 Å². The number of aromatic nitrogens is 2. The summed E-state index contributed by atoms with van der Waals surface area (Å²) in [4.78, 5) is 2.28. The van der Waals surface area contributed by atoms with Crippen LogP contribution in [0, 0.1) is 0 Å². The second-order valence-corrected chi connectivity index (χ2v) is 5.61. The fraction of sp³-hybridized carbons (Fsp3) is 0.357. The Balaban J connectivity index is 1.71. The summed E-state index contributed by atoms with van der Waals surface area (Å²) in [5.74, 6) is 0.